The summed E-state index contributed by atoms with van der Waals surface area (Å²) < 4.78 is 5.86. The predicted molar refractivity (Wildman–Crippen MR) is 117 cm³/mol. The van der Waals surface area contributed by atoms with Gasteiger partial charge in [-0.05, 0) is 106 Å². The van der Waals surface area contributed by atoms with Crippen LogP contribution in [-0.4, -0.2) is 29.7 Å². The summed E-state index contributed by atoms with van der Waals surface area (Å²) in [6, 6.07) is 0. The summed E-state index contributed by atoms with van der Waals surface area (Å²) in [6.45, 7) is 10.3. The van der Waals surface area contributed by atoms with E-state index in [0.717, 1.165) is 62.9 Å². The first-order chi connectivity index (χ1) is 13.7. The van der Waals surface area contributed by atoms with Gasteiger partial charge in [0.25, 0.3) is 0 Å². The topological polar surface area (TPSA) is 46.5 Å². The first-order valence-corrected chi connectivity index (χ1v) is 12.5. The van der Waals surface area contributed by atoms with Crippen molar-refractivity contribution in [3.63, 3.8) is 0 Å². The molecule has 0 aliphatic heterocycles. The lowest BCUT2D eigenvalue weighted by Crippen LogP contribution is -2.56. The molecule has 3 nitrogen and oxygen atoms in total. The van der Waals surface area contributed by atoms with Crippen molar-refractivity contribution in [2.75, 3.05) is 13.2 Å². The van der Waals surface area contributed by atoms with Crippen LogP contribution in [0, 0.1) is 40.4 Å². The average Bonchev–Trinajstić information content (AvgIpc) is 3.04. The minimum atomic E-state index is -0.610. The molecule has 4 unspecified atom stereocenters. The molecule has 166 valence electrons. The molecule has 4 aliphatic carbocycles. The summed E-state index contributed by atoms with van der Waals surface area (Å²) >= 11 is 0. The second kappa shape index (κ2) is 7.93. The lowest BCUT2D eigenvalue weighted by molar-refractivity contribution is -0.166. The van der Waals surface area contributed by atoms with Crippen LogP contribution in [0.1, 0.15) is 98.3 Å². The van der Waals surface area contributed by atoms with Crippen LogP contribution < -0.4 is 0 Å². The molecule has 0 aromatic rings. The van der Waals surface area contributed by atoms with Gasteiger partial charge >= 0.3 is 0 Å². The highest BCUT2D eigenvalue weighted by atomic mass is 16.5. The Morgan fingerprint density at radius 1 is 1.00 bits per heavy atom. The van der Waals surface area contributed by atoms with Gasteiger partial charge in [0.15, 0.2) is 0 Å². The van der Waals surface area contributed by atoms with E-state index in [1.165, 1.54) is 32.1 Å². The molecule has 29 heavy (non-hydrogen) atoms. The van der Waals surface area contributed by atoms with Crippen molar-refractivity contribution >= 4 is 5.78 Å². The highest BCUT2D eigenvalue weighted by Crippen LogP contribution is 2.68. The molecule has 3 heteroatoms. The van der Waals surface area contributed by atoms with Gasteiger partial charge in [0.05, 0.1) is 12.2 Å². The van der Waals surface area contributed by atoms with E-state index in [-0.39, 0.29) is 5.41 Å². The fraction of sp³-hybridized carbons (Fsp3) is 0.962. The quantitative estimate of drug-likeness (QED) is 0.571. The highest BCUT2D eigenvalue weighted by Gasteiger charge is 2.61. The number of carbonyl (C=O) groups excluding carboxylic acids is 1. The van der Waals surface area contributed by atoms with Gasteiger partial charge in [0, 0.05) is 12.5 Å². The number of unbranched alkanes of at least 4 members (excludes halogenated alkanes) is 1. The Morgan fingerprint density at radius 2 is 1.76 bits per heavy atom. The molecule has 4 aliphatic rings. The summed E-state index contributed by atoms with van der Waals surface area (Å²) in [4.78, 5) is 12.3. The molecule has 0 spiro atoms. The fourth-order valence-corrected chi connectivity index (χ4v) is 8.63. The number of ketones is 1. The zero-order valence-corrected chi connectivity index (χ0v) is 19.3. The normalized spacial score (nSPS) is 49.2. The van der Waals surface area contributed by atoms with Crippen molar-refractivity contribution in [1.29, 1.82) is 0 Å². The van der Waals surface area contributed by atoms with E-state index in [0.29, 0.717) is 29.6 Å². The Kier molecular flexibility index (Phi) is 5.97. The number of hydrogen-bond donors (Lipinski definition) is 1. The van der Waals surface area contributed by atoms with E-state index in [1.807, 2.05) is 6.92 Å². The second-order valence-corrected chi connectivity index (χ2v) is 11.8. The number of Topliss-reactive ketones (excluding diaryl/α,β-unsaturated/α-hetero) is 1. The zero-order valence-electron chi connectivity index (χ0n) is 19.3. The largest absolute Gasteiger partial charge is 0.387 e. The van der Waals surface area contributed by atoms with E-state index in [1.54, 1.807) is 0 Å². The van der Waals surface area contributed by atoms with Crippen molar-refractivity contribution in [2.24, 2.45) is 40.4 Å². The van der Waals surface area contributed by atoms with Crippen molar-refractivity contribution in [3.8, 4) is 0 Å². The molecular weight excluding hydrogens is 360 g/mol. The van der Waals surface area contributed by atoms with E-state index >= 15 is 0 Å². The maximum Gasteiger partial charge on any atom is 0.133 e. The van der Waals surface area contributed by atoms with E-state index < -0.39 is 5.60 Å². The molecular formula is C26H44O3. The second-order valence-electron chi connectivity index (χ2n) is 11.8. The molecule has 0 aromatic carbocycles. The first-order valence-electron chi connectivity index (χ1n) is 12.5. The Balaban J connectivity index is 1.46. The van der Waals surface area contributed by atoms with Gasteiger partial charge < -0.3 is 9.84 Å². The smallest absolute Gasteiger partial charge is 0.133 e. The molecule has 0 amide bonds. The molecule has 0 bridgehead atoms. The van der Waals surface area contributed by atoms with Crippen LogP contribution in [0.2, 0.25) is 0 Å². The fourth-order valence-electron chi connectivity index (χ4n) is 8.63. The van der Waals surface area contributed by atoms with Gasteiger partial charge in [-0.2, -0.15) is 0 Å². The number of rotatable bonds is 6. The highest BCUT2D eigenvalue weighted by molar-refractivity contribution is 5.79. The third kappa shape index (κ3) is 3.63. The number of hydrogen-bond acceptors (Lipinski definition) is 3. The molecule has 0 saturated heterocycles. The molecule has 8 atom stereocenters. The molecule has 4 saturated carbocycles. The van der Waals surface area contributed by atoms with Gasteiger partial charge in [-0.3, -0.25) is 4.79 Å². The Labute approximate surface area is 178 Å². The molecule has 1 N–H and O–H groups in total. The molecule has 4 fully saturated rings. The van der Waals surface area contributed by atoms with Gasteiger partial charge in [-0.1, -0.05) is 27.2 Å². The summed E-state index contributed by atoms with van der Waals surface area (Å²) in [5.41, 5.74) is 0.00788. The van der Waals surface area contributed by atoms with E-state index in [4.69, 9.17) is 4.74 Å². The van der Waals surface area contributed by atoms with Crippen LogP contribution >= 0.6 is 0 Å². The number of fused-ring (bicyclic) bond motifs is 5. The standard InChI is InChI=1S/C26H44O3/c1-5-6-15-29-17-26(28)14-13-24(3)19(16-26)7-8-20-22-10-9-21(18(2)27)25(22,4)12-11-23(20)24/h19-23,28H,5-17H2,1-4H3/t19?,20?,21-,22?,23?,24+,25-,26-/m1/s1. The van der Waals surface area contributed by atoms with Gasteiger partial charge in [0.2, 0.25) is 0 Å². The maximum absolute atomic E-state index is 12.3. The molecule has 4 rings (SSSR count). The van der Waals surface area contributed by atoms with Crippen molar-refractivity contribution in [2.45, 2.75) is 104 Å². The SMILES string of the molecule is CCCCOC[C@@]1(O)CC[C@@]2(C)C(CCC3C2CC[C@@]2(C)C3CC[C@@H]2C(C)=O)C1. The number of aliphatic hydroxyl groups is 1. The minimum Gasteiger partial charge on any atom is -0.387 e. The summed E-state index contributed by atoms with van der Waals surface area (Å²) in [6.07, 6.45) is 12.7. The Morgan fingerprint density at radius 3 is 2.48 bits per heavy atom. The Bertz CT molecular complexity index is 617. The zero-order chi connectivity index (χ0) is 20.9. The van der Waals surface area contributed by atoms with Crippen molar-refractivity contribution in [3.05, 3.63) is 0 Å². The molecule has 0 radical (unpaired) electrons. The van der Waals surface area contributed by atoms with Crippen LogP contribution in [0.5, 0.6) is 0 Å². The van der Waals surface area contributed by atoms with Crippen LogP contribution in [-0.2, 0) is 9.53 Å². The van der Waals surface area contributed by atoms with Crippen LogP contribution in [0.25, 0.3) is 0 Å². The van der Waals surface area contributed by atoms with Crippen molar-refractivity contribution in [1.82, 2.24) is 0 Å². The molecule has 0 aromatic heterocycles. The predicted octanol–water partition coefficient (Wildman–Crippen LogP) is 5.78. The third-order valence-corrected chi connectivity index (χ3v) is 10.3. The monoisotopic (exact) mass is 404 g/mol. The van der Waals surface area contributed by atoms with Crippen LogP contribution in [0.3, 0.4) is 0 Å². The first kappa shape index (κ1) is 21.8. The minimum absolute atomic E-state index is 0.249. The van der Waals surface area contributed by atoms with E-state index in [2.05, 4.69) is 20.8 Å². The van der Waals surface area contributed by atoms with Gasteiger partial charge in [-0.25, -0.2) is 0 Å². The summed E-state index contributed by atoms with van der Waals surface area (Å²) in [7, 11) is 0. The summed E-state index contributed by atoms with van der Waals surface area (Å²) in [5, 5.41) is 11.2. The van der Waals surface area contributed by atoms with Crippen LogP contribution in [0.4, 0.5) is 0 Å². The lowest BCUT2D eigenvalue weighted by Gasteiger charge is -2.62. The number of ether oxygens (including phenoxy) is 1. The third-order valence-electron chi connectivity index (χ3n) is 10.3. The van der Waals surface area contributed by atoms with Crippen molar-refractivity contribution < 1.29 is 14.6 Å². The number of carbonyl (C=O) groups is 1. The van der Waals surface area contributed by atoms with E-state index in [9.17, 15) is 9.90 Å². The maximum atomic E-state index is 12.3. The average molecular weight is 405 g/mol. The van der Waals surface area contributed by atoms with Gasteiger partial charge in [-0.15, -0.1) is 0 Å². The lowest BCUT2D eigenvalue weighted by atomic mass is 9.44. The van der Waals surface area contributed by atoms with Gasteiger partial charge in [0.1, 0.15) is 5.78 Å². The summed E-state index contributed by atoms with van der Waals surface area (Å²) in [5.74, 6) is 3.69. The molecule has 0 heterocycles. The Hall–Kier alpha value is -0.410. The van der Waals surface area contributed by atoms with Crippen LogP contribution in [0.15, 0.2) is 0 Å².